The van der Waals surface area contributed by atoms with Crippen molar-refractivity contribution < 1.29 is 19.1 Å². The van der Waals surface area contributed by atoms with Crippen molar-refractivity contribution in [1.29, 1.82) is 0 Å². The number of ether oxygens (including phenoxy) is 1. The Hall–Kier alpha value is -2.36. The van der Waals surface area contributed by atoms with Crippen molar-refractivity contribution in [2.75, 3.05) is 33.3 Å². The molecule has 0 bridgehead atoms. The average molecular weight is 485 g/mol. The van der Waals surface area contributed by atoms with E-state index in [1.807, 2.05) is 42.2 Å². The van der Waals surface area contributed by atoms with Crippen molar-refractivity contribution >= 4 is 29.4 Å². The number of nitrogens with zero attached hydrogens (tertiary/aromatic N) is 2. The number of Topliss-reactive ketones (excluding diaryl/α,β-unsaturated/α-hetero) is 1. The highest BCUT2D eigenvalue weighted by Gasteiger charge is 2.42. The predicted molar refractivity (Wildman–Crippen MR) is 130 cm³/mol. The molecule has 9 heteroatoms. The number of likely N-dealkylation sites (tertiary alicyclic amines) is 2. The molecule has 3 saturated heterocycles. The number of thioether (sulfide) groups is 1. The molecular weight excluding hydrogens is 452 g/mol. The summed E-state index contributed by atoms with van der Waals surface area (Å²) in [5, 5.41) is 6.57. The maximum Gasteiger partial charge on any atom is 0.240 e. The van der Waals surface area contributed by atoms with Crippen LogP contribution in [0.1, 0.15) is 36.5 Å². The average Bonchev–Trinajstić information content (AvgIpc) is 3.41. The van der Waals surface area contributed by atoms with Gasteiger partial charge in [-0.1, -0.05) is 6.08 Å². The monoisotopic (exact) mass is 484 g/mol. The minimum atomic E-state index is -0.226. The van der Waals surface area contributed by atoms with Gasteiger partial charge in [0.2, 0.25) is 11.8 Å². The molecule has 0 aliphatic carbocycles. The Morgan fingerprint density at radius 1 is 1.12 bits per heavy atom. The second-order valence-electron chi connectivity index (χ2n) is 9.56. The molecule has 0 saturated carbocycles. The molecular formula is C25H32N4O4S. The van der Waals surface area contributed by atoms with Gasteiger partial charge in [0.05, 0.1) is 37.2 Å². The Balaban J connectivity index is 1.12. The summed E-state index contributed by atoms with van der Waals surface area (Å²) in [6.45, 7) is 4.70. The number of rotatable bonds is 6. The number of nitrogens with one attached hydrogen (secondary N) is 2. The summed E-state index contributed by atoms with van der Waals surface area (Å²) in [7, 11) is 1.61. The van der Waals surface area contributed by atoms with Crippen LogP contribution in [-0.2, 0) is 9.59 Å². The maximum absolute atomic E-state index is 13.2. The molecule has 0 radical (unpaired) electrons. The summed E-state index contributed by atoms with van der Waals surface area (Å²) >= 11 is 1.69. The molecule has 34 heavy (non-hydrogen) atoms. The fraction of sp³-hybridized carbons (Fsp3) is 0.560. The molecule has 4 atom stereocenters. The molecule has 1 aromatic rings. The van der Waals surface area contributed by atoms with Crippen molar-refractivity contribution in [3.63, 3.8) is 0 Å². The van der Waals surface area contributed by atoms with Gasteiger partial charge in [-0.15, -0.1) is 11.8 Å². The van der Waals surface area contributed by atoms with Crippen molar-refractivity contribution in [2.24, 2.45) is 11.8 Å². The number of fused-ring (bicyclic) bond motifs is 1. The summed E-state index contributed by atoms with van der Waals surface area (Å²) in [6, 6.07) is 7.16. The standard InChI is InChI=1S/C25H32N4O4S/c1-15-13-19-23(31)26-21(27-24(19)34-15)14-29-12-9-20(25(29)32)28-10-7-17(8-11-28)22(30)16-3-5-18(33-2)6-4-16/h3-6,13,17,19-21,24,27H,7-12,14H2,1-2H3,(H,26,31). The van der Waals surface area contributed by atoms with Gasteiger partial charge in [-0.2, -0.15) is 0 Å². The van der Waals surface area contributed by atoms with E-state index in [9.17, 15) is 14.4 Å². The number of piperidine rings is 1. The number of carbonyl (C=O) groups excluding carboxylic acids is 3. The van der Waals surface area contributed by atoms with Gasteiger partial charge in [0.15, 0.2) is 5.78 Å². The highest BCUT2D eigenvalue weighted by molar-refractivity contribution is 8.03. The Morgan fingerprint density at radius 3 is 2.56 bits per heavy atom. The van der Waals surface area contributed by atoms with Crippen LogP contribution in [0.3, 0.4) is 0 Å². The number of allylic oxidation sites excluding steroid dienone is 1. The van der Waals surface area contributed by atoms with Gasteiger partial charge in [0.25, 0.3) is 0 Å². The van der Waals surface area contributed by atoms with Crippen LogP contribution in [0.2, 0.25) is 0 Å². The summed E-state index contributed by atoms with van der Waals surface area (Å²) in [6.07, 6.45) is 4.10. The fourth-order valence-electron chi connectivity index (χ4n) is 5.54. The minimum absolute atomic E-state index is 0.00664. The van der Waals surface area contributed by atoms with Gasteiger partial charge in [-0.25, -0.2) is 0 Å². The molecule has 4 aliphatic rings. The highest BCUT2D eigenvalue weighted by Crippen LogP contribution is 2.36. The zero-order valence-electron chi connectivity index (χ0n) is 19.7. The van der Waals surface area contributed by atoms with Gasteiger partial charge in [-0.3, -0.25) is 24.6 Å². The molecule has 3 fully saturated rings. The van der Waals surface area contributed by atoms with Crippen LogP contribution in [0.15, 0.2) is 35.2 Å². The van der Waals surface area contributed by atoms with Crippen molar-refractivity contribution in [3.05, 3.63) is 40.8 Å². The van der Waals surface area contributed by atoms with E-state index in [-0.39, 0.29) is 47.0 Å². The van der Waals surface area contributed by atoms with Gasteiger partial charge < -0.3 is 15.0 Å². The number of amides is 2. The second-order valence-corrected chi connectivity index (χ2v) is 10.9. The summed E-state index contributed by atoms with van der Waals surface area (Å²) < 4.78 is 5.18. The van der Waals surface area contributed by atoms with E-state index in [2.05, 4.69) is 15.5 Å². The van der Waals surface area contributed by atoms with Crippen molar-refractivity contribution in [1.82, 2.24) is 20.4 Å². The van der Waals surface area contributed by atoms with E-state index in [0.717, 1.165) is 48.6 Å². The third kappa shape index (κ3) is 4.61. The molecule has 5 rings (SSSR count). The van der Waals surface area contributed by atoms with E-state index in [1.54, 1.807) is 18.9 Å². The first-order chi connectivity index (χ1) is 16.4. The zero-order valence-corrected chi connectivity index (χ0v) is 20.5. The van der Waals surface area contributed by atoms with Crippen molar-refractivity contribution in [2.45, 2.75) is 43.8 Å². The predicted octanol–water partition coefficient (Wildman–Crippen LogP) is 1.83. The first-order valence-corrected chi connectivity index (χ1v) is 12.9. The summed E-state index contributed by atoms with van der Waals surface area (Å²) in [4.78, 5) is 43.8. The zero-order chi connectivity index (χ0) is 23.8. The van der Waals surface area contributed by atoms with E-state index in [4.69, 9.17) is 4.74 Å². The lowest BCUT2D eigenvalue weighted by Gasteiger charge is -2.36. The van der Waals surface area contributed by atoms with E-state index >= 15 is 0 Å². The van der Waals surface area contributed by atoms with Crippen LogP contribution in [0.5, 0.6) is 5.75 Å². The highest BCUT2D eigenvalue weighted by atomic mass is 32.2. The van der Waals surface area contributed by atoms with Crippen LogP contribution in [-0.4, -0.2) is 78.3 Å². The molecule has 8 nitrogen and oxygen atoms in total. The van der Waals surface area contributed by atoms with Crippen LogP contribution in [0, 0.1) is 11.8 Å². The minimum Gasteiger partial charge on any atom is -0.497 e. The van der Waals surface area contributed by atoms with Crippen LogP contribution >= 0.6 is 11.8 Å². The Bertz CT molecular complexity index is 989. The summed E-state index contributed by atoms with van der Waals surface area (Å²) in [5.41, 5.74) is 0.720. The maximum atomic E-state index is 13.2. The molecule has 0 aromatic heterocycles. The van der Waals surface area contributed by atoms with Crippen LogP contribution in [0.4, 0.5) is 0 Å². The van der Waals surface area contributed by atoms with E-state index < -0.39 is 0 Å². The molecule has 4 aliphatic heterocycles. The number of hydrogen-bond donors (Lipinski definition) is 2. The molecule has 4 unspecified atom stereocenters. The topological polar surface area (TPSA) is 91.0 Å². The summed E-state index contributed by atoms with van der Waals surface area (Å²) in [5.74, 6) is 0.940. The smallest absolute Gasteiger partial charge is 0.240 e. The first-order valence-electron chi connectivity index (χ1n) is 12.1. The number of methoxy groups -OCH3 is 1. The van der Waals surface area contributed by atoms with Crippen molar-refractivity contribution in [3.8, 4) is 5.75 Å². The lowest BCUT2D eigenvalue weighted by atomic mass is 9.88. The normalized spacial score (nSPS) is 30.2. The van der Waals surface area contributed by atoms with Gasteiger partial charge in [0.1, 0.15) is 5.75 Å². The van der Waals surface area contributed by atoms with Gasteiger partial charge in [0, 0.05) is 18.0 Å². The van der Waals surface area contributed by atoms with Crippen LogP contribution in [0.25, 0.3) is 0 Å². The fourth-order valence-corrected chi connectivity index (χ4v) is 6.74. The Kier molecular flexibility index (Phi) is 6.68. The molecule has 1 aromatic carbocycles. The molecule has 0 spiro atoms. The van der Waals surface area contributed by atoms with Gasteiger partial charge >= 0.3 is 0 Å². The molecule has 182 valence electrons. The quantitative estimate of drug-likeness (QED) is 0.596. The number of hydrogen-bond acceptors (Lipinski definition) is 7. The lowest BCUT2D eigenvalue weighted by molar-refractivity contribution is -0.134. The largest absolute Gasteiger partial charge is 0.497 e. The third-order valence-electron chi connectivity index (χ3n) is 7.43. The number of carbonyl (C=O) groups is 3. The molecule has 4 heterocycles. The lowest BCUT2D eigenvalue weighted by Crippen LogP contribution is -2.62. The number of ketones is 1. The Labute approximate surface area is 204 Å². The van der Waals surface area contributed by atoms with E-state index in [1.165, 1.54) is 0 Å². The molecule has 2 N–H and O–H groups in total. The van der Waals surface area contributed by atoms with E-state index in [0.29, 0.717) is 13.1 Å². The van der Waals surface area contributed by atoms with Gasteiger partial charge in [-0.05, 0) is 68.4 Å². The SMILES string of the molecule is COc1ccc(C(=O)C2CCN(C3CCN(CC4NC(=O)C5C=C(C)SC5N4)C3=O)CC2)cc1. The molecule has 2 amide bonds. The third-order valence-corrected chi connectivity index (χ3v) is 8.62. The second kappa shape index (κ2) is 9.71. The Morgan fingerprint density at radius 2 is 1.85 bits per heavy atom. The first kappa shape index (κ1) is 23.4. The van der Waals surface area contributed by atoms with Crippen LogP contribution < -0.4 is 15.4 Å². The number of benzene rings is 1.